The number of nitrogens with zero attached hydrogens (tertiary/aromatic N) is 2. The van der Waals surface area contributed by atoms with E-state index in [-0.39, 0.29) is 12.2 Å². The van der Waals surface area contributed by atoms with Gasteiger partial charge in [0.05, 0.1) is 12.2 Å². The van der Waals surface area contributed by atoms with E-state index in [9.17, 15) is 0 Å². The average molecular weight is 404 g/mol. The number of hydrogen-bond acceptors (Lipinski definition) is 5. The molecule has 1 saturated heterocycles. The van der Waals surface area contributed by atoms with Crippen LogP contribution in [0.15, 0.2) is 72.9 Å². The molecule has 2 aromatic carbocycles. The van der Waals surface area contributed by atoms with E-state index in [1.165, 1.54) is 11.1 Å². The Hall–Kier alpha value is -2.89. The minimum absolute atomic E-state index is 0.235. The maximum absolute atomic E-state index is 5.92. The van der Waals surface area contributed by atoms with Gasteiger partial charge in [-0.15, -0.1) is 0 Å². The summed E-state index contributed by atoms with van der Waals surface area (Å²) in [7, 11) is 0. The fraction of sp³-hybridized carbons (Fsp3) is 0.320. The van der Waals surface area contributed by atoms with Gasteiger partial charge in [0.25, 0.3) is 0 Å². The molecule has 156 valence electrons. The van der Waals surface area contributed by atoms with E-state index in [1.54, 1.807) is 0 Å². The highest BCUT2D eigenvalue weighted by molar-refractivity contribution is 5.40. The third-order valence-corrected chi connectivity index (χ3v) is 5.09. The van der Waals surface area contributed by atoms with Crippen molar-refractivity contribution >= 4 is 5.82 Å². The van der Waals surface area contributed by atoms with Crippen LogP contribution in [0.5, 0.6) is 11.5 Å². The summed E-state index contributed by atoms with van der Waals surface area (Å²) in [5, 5.41) is 3.49. The van der Waals surface area contributed by atoms with Crippen LogP contribution in [0.25, 0.3) is 0 Å². The molecule has 0 saturated carbocycles. The Morgan fingerprint density at radius 1 is 0.900 bits per heavy atom. The van der Waals surface area contributed by atoms with Gasteiger partial charge in [-0.05, 0) is 55.3 Å². The summed E-state index contributed by atoms with van der Waals surface area (Å²) in [6, 6.07) is 22.3. The zero-order valence-electron chi connectivity index (χ0n) is 17.6. The number of hydrogen-bond donors (Lipinski definition) is 1. The molecule has 30 heavy (non-hydrogen) atoms. The zero-order chi connectivity index (χ0) is 20.8. The summed E-state index contributed by atoms with van der Waals surface area (Å²) >= 11 is 0. The number of pyridine rings is 1. The molecule has 4 rings (SSSR count). The Morgan fingerprint density at radius 3 is 2.37 bits per heavy atom. The van der Waals surface area contributed by atoms with Crippen LogP contribution in [0.1, 0.15) is 25.0 Å². The number of para-hydroxylation sites is 1. The quantitative estimate of drug-likeness (QED) is 0.615. The molecule has 0 spiro atoms. The second-order valence-electron chi connectivity index (χ2n) is 7.85. The van der Waals surface area contributed by atoms with Gasteiger partial charge in [-0.3, -0.25) is 0 Å². The number of nitrogens with one attached hydrogen (secondary N) is 1. The molecule has 3 aromatic rings. The summed E-state index contributed by atoms with van der Waals surface area (Å²) in [4.78, 5) is 6.97. The smallest absolute Gasteiger partial charge is 0.128 e. The fourth-order valence-electron chi connectivity index (χ4n) is 3.77. The molecule has 0 radical (unpaired) electrons. The van der Waals surface area contributed by atoms with E-state index in [1.807, 2.05) is 48.7 Å². The van der Waals surface area contributed by atoms with E-state index < -0.39 is 0 Å². The van der Waals surface area contributed by atoms with Crippen LogP contribution in [-0.4, -0.2) is 30.3 Å². The molecule has 1 N–H and O–H groups in total. The van der Waals surface area contributed by atoms with E-state index in [0.29, 0.717) is 0 Å². The van der Waals surface area contributed by atoms with Gasteiger partial charge in [0, 0.05) is 32.4 Å². The molecule has 1 aromatic heterocycles. The van der Waals surface area contributed by atoms with Gasteiger partial charge in [0.2, 0.25) is 0 Å². The van der Waals surface area contributed by atoms with Crippen LogP contribution in [0, 0.1) is 0 Å². The molecule has 5 nitrogen and oxygen atoms in total. The first-order chi connectivity index (χ1) is 14.7. The molecule has 2 atom stereocenters. The second kappa shape index (κ2) is 9.74. The lowest BCUT2D eigenvalue weighted by molar-refractivity contribution is -0.00545. The molecule has 0 bridgehead atoms. The van der Waals surface area contributed by atoms with Gasteiger partial charge in [0.15, 0.2) is 0 Å². The van der Waals surface area contributed by atoms with Crippen molar-refractivity contribution in [2.24, 2.45) is 0 Å². The highest BCUT2D eigenvalue weighted by Crippen LogP contribution is 2.22. The Balaban J connectivity index is 1.29. The van der Waals surface area contributed by atoms with Gasteiger partial charge in [-0.2, -0.15) is 0 Å². The molecule has 0 amide bonds. The average Bonchev–Trinajstić information content (AvgIpc) is 2.75. The molecular weight excluding hydrogens is 374 g/mol. The predicted molar refractivity (Wildman–Crippen MR) is 120 cm³/mol. The van der Waals surface area contributed by atoms with Gasteiger partial charge in [-0.25, -0.2) is 4.98 Å². The number of anilines is 1. The number of benzene rings is 2. The first-order valence-electron chi connectivity index (χ1n) is 10.5. The van der Waals surface area contributed by atoms with E-state index >= 15 is 0 Å². The number of rotatable bonds is 7. The number of aromatic nitrogens is 1. The number of ether oxygens (including phenoxy) is 2. The highest BCUT2D eigenvalue weighted by atomic mass is 16.5. The standard InChI is InChI=1S/C25H29N3O2/c1-19-17-28(18-20(2)29-19)25-12-11-22(16-27-25)15-26-14-21-7-6-10-24(13-21)30-23-8-4-3-5-9-23/h3-13,16,19-20,26H,14-15,17-18H2,1-2H3/t19-,20-/m1/s1. The minimum atomic E-state index is 0.235. The van der Waals surface area contributed by atoms with Gasteiger partial charge < -0.3 is 19.7 Å². The highest BCUT2D eigenvalue weighted by Gasteiger charge is 2.22. The lowest BCUT2D eigenvalue weighted by Gasteiger charge is -2.36. The summed E-state index contributed by atoms with van der Waals surface area (Å²) in [5.74, 6) is 2.71. The van der Waals surface area contributed by atoms with Crippen molar-refractivity contribution < 1.29 is 9.47 Å². The Kier molecular flexibility index (Phi) is 6.62. The molecule has 2 heterocycles. The van der Waals surface area contributed by atoms with E-state index in [0.717, 1.165) is 43.5 Å². The summed E-state index contributed by atoms with van der Waals surface area (Å²) in [5.41, 5.74) is 2.36. The minimum Gasteiger partial charge on any atom is -0.457 e. The van der Waals surface area contributed by atoms with Crippen molar-refractivity contribution in [1.29, 1.82) is 0 Å². The lowest BCUT2D eigenvalue weighted by Crippen LogP contribution is -2.45. The van der Waals surface area contributed by atoms with Gasteiger partial charge in [0.1, 0.15) is 17.3 Å². The van der Waals surface area contributed by atoms with Gasteiger partial charge >= 0.3 is 0 Å². The molecule has 0 aliphatic carbocycles. The normalized spacial score (nSPS) is 18.9. The van der Waals surface area contributed by atoms with Crippen molar-refractivity contribution in [3.8, 4) is 11.5 Å². The van der Waals surface area contributed by atoms with Crippen LogP contribution >= 0.6 is 0 Å². The van der Waals surface area contributed by atoms with Gasteiger partial charge in [-0.1, -0.05) is 36.4 Å². The monoisotopic (exact) mass is 403 g/mol. The molecule has 1 aliphatic heterocycles. The SMILES string of the molecule is C[C@@H]1CN(c2ccc(CNCc3cccc(Oc4ccccc4)c3)cn2)C[C@@H](C)O1. The maximum Gasteiger partial charge on any atom is 0.128 e. The van der Waals surface area contributed by atoms with Crippen molar-refractivity contribution in [1.82, 2.24) is 10.3 Å². The van der Waals surface area contributed by atoms with Crippen LogP contribution in [0.4, 0.5) is 5.82 Å². The third kappa shape index (κ3) is 5.59. The fourth-order valence-corrected chi connectivity index (χ4v) is 3.77. The molecule has 5 heteroatoms. The van der Waals surface area contributed by atoms with E-state index in [4.69, 9.17) is 9.47 Å². The molecule has 1 aliphatic rings. The lowest BCUT2D eigenvalue weighted by atomic mass is 10.2. The third-order valence-electron chi connectivity index (χ3n) is 5.09. The number of morpholine rings is 1. The van der Waals surface area contributed by atoms with Crippen molar-refractivity contribution in [2.45, 2.75) is 39.1 Å². The first kappa shape index (κ1) is 20.4. The van der Waals surface area contributed by atoms with Crippen LogP contribution in [0.2, 0.25) is 0 Å². The molecule has 0 unspecified atom stereocenters. The second-order valence-corrected chi connectivity index (χ2v) is 7.85. The van der Waals surface area contributed by atoms with Crippen LogP contribution in [0.3, 0.4) is 0 Å². The first-order valence-corrected chi connectivity index (χ1v) is 10.5. The Morgan fingerprint density at radius 2 is 1.63 bits per heavy atom. The van der Waals surface area contributed by atoms with Crippen LogP contribution < -0.4 is 15.0 Å². The summed E-state index contributed by atoms with van der Waals surface area (Å²) in [6.07, 6.45) is 2.43. The Labute approximate surface area is 178 Å². The summed E-state index contributed by atoms with van der Waals surface area (Å²) in [6.45, 7) is 7.54. The van der Waals surface area contributed by atoms with Crippen molar-refractivity contribution in [3.05, 3.63) is 84.1 Å². The van der Waals surface area contributed by atoms with Crippen LogP contribution in [-0.2, 0) is 17.8 Å². The largest absolute Gasteiger partial charge is 0.457 e. The molecule has 1 fully saturated rings. The van der Waals surface area contributed by atoms with E-state index in [2.05, 4.69) is 53.3 Å². The zero-order valence-corrected chi connectivity index (χ0v) is 17.6. The summed E-state index contributed by atoms with van der Waals surface area (Å²) < 4.78 is 11.7. The topological polar surface area (TPSA) is 46.6 Å². The predicted octanol–water partition coefficient (Wildman–Crippen LogP) is 4.78. The Bertz CT molecular complexity index is 921. The van der Waals surface area contributed by atoms with Crippen molar-refractivity contribution in [3.63, 3.8) is 0 Å². The maximum atomic E-state index is 5.92. The van der Waals surface area contributed by atoms with Crippen molar-refractivity contribution in [2.75, 3.05) is 18.0 Å². The molecular formula is C25H29N3O2.